The van der Waals surface area contributed by atoms with Gasteiger partial charge in [0, 0.05) is 28.2 Å². The summed E-state index contributed by atoms with van der Waals surface area (Å²) in [6, 6.07) is 28.0. The molecule has 246 valence electrons. The van der Waals surface area contributed by atoms with Gasteiger partial charge in [-0.15, -0.1) is 0 Å². The van der Waals surface area contributed by atoms with Crippen molar-refractivity contribution in [1.29, 1.82) is 0 Å². The zero-order valence-corrected chi connectivity index (χ0v) is 27.0. The minimum atomic E-state index is -1.35. The smallest absolute Gasteiger partial charge is 0.412 e. The molecule has 3 heterocycles. The largest absolute Gasteiger partial charge is 0.444 e. The van der Waals surface area contributed by atoms with E-state index in [1.807, 2.05) is 42.5 Å². The van der Waals surface area contributed by atoms with Gasteiger partial charge in [-0.05, 0) is 86.0 Å². The van der Waals surface area contributed by atoms with Crippen molar-refractivity contribution in [3.8, 4) is 22.3 Å². The van der Waals surface area contributed by atoms with Crippen molar-refractivity contribution in [1.82, 2.24) is 9.97 Å². The molecule has 0 saturated carbocycles. The summed E-state index contributed by atoms with van der Waals surface area (Å²) >= 11 is 0. The van der Waals surface area contributed by atoms with Gasteiger partial charge in [0.25, 0.3) is 0 Å². The molecule has 3 aromatic rings. The van der Waals surface area contributed by atoms with Crippen LogP contribution in [0.4, 0.5) is 21.9 Å². The second-order valence-electron chi connectivity index (χ2n) is 12.2. The van der Waals surface area contributed by atoms with Crippen LogP contribution in [0, 0.1) is 0 Å². The third-order valence-corrected chi connectivity index (χ3v) is 7.43. The van der Waals surface area contributed by atoms with E-state index >= 15 is 0 Å². The van der Waals surface area contributed by atoms with Crippen LogP contribution < -0.4 is 16.8 Å². The predicted molar refractivity (Wildman–Crippen MR) is 189 cm³/mol. The molecule has 2 atom stereocenters. The van der Waals surface area contributed by atoms with Gasteiger partial charge < -0.3 is 31.5 Å². The van der Waals surface area contributed by atoms with E-state index in [0.717, 1.165) is 11.1 Å². The molecule has 48 heavy (non-hydrogen) atoms. The molecule has 2 aliphatic heterocycles. The molecule has 8 N–H and O–H groups in total. The number of aromatic nitrogens is 2. The highest BCUT2D eigenvalue weighted by molar-refractivity contribution is 5.88. The van der Waals surface area contributed by atoms with E-state index in [-0.39, 0.29) is 18.0 Å². The maximum Gasteiger partial charge on any atom is 0.412 e. The van der Waals surface area contributed by atoms with E-state index < -0.39 is 23.9 Å². The fourth-order valence-corrected chi connectivity index (χ4v) is 5.17. The van der Waals surface area contributed by atoms with E-state index in [9.17, 15) is 20.1 Å². The van der Waals surface area contributed by atoms with E-state index in [2.05, 4.69) is 10.3 Å². The number of aliphatic hydroxyl groups excluding tert-OH is 3. The van der Waals surface area contributed by atoms with Gasteiger partial charge in [0.15, 0.2) is 0 Å². The molecule has 0 fully saturated rings. The predicted octanol–water partition coefficient (Wildman–Crippen LogP) is 6.75. The van der Waals surface area contributed by atoms with Crippen molar-refractivity contribution < 1.29 is 24.9 Å². The Morgan fingerprint density at radius 2 is 1.35 bits per heavy atom. The number of aliphatic hydroxyl groups is 3. The number of anilines is 3. The Bertz CT molecular complexity index is 1920. The summed E-state index contributed by atoms with van der Waals surface area (Å²) in [5.74, 6) is 0. The summed E-state index contributed by atoms with van der Waals surface area (Å²) < 4.78 is 5.34. The van der Waals surface area contributed by atoms with Gasteiger partial charge in [0.1, 0.15) is 17.8 Å². The summed E-state index contributed by atoms with van der Waals surface area (Å²) in [5.41, 5.74) is 19.0. The zero-order chi connectivity index (χ0) is 34.4. The molecular formula is C38H39N5O5. The molecular weight excluding hydrogens is 606 g/mol. The van der Waals surface area contributed by atoms with E-state index in [1.165, 1.54) is 0 Å². The van der Waals surface area contributed by atoms with Gasteiger partial charge in [0.05, 0.1) is 29.4 Å². The molecule has 0 saturated heterocycles. The van der Waals surface area contributed by atoms with Crippen LogP contribution in [-0.2, 0) is 11.3 Å². The lowest BCUT2D eigenvalue weighted by Crippen LogP contribution is -2.27. The van der Waals surface area contributed by atoms with Crippen LogP contribution in [0.5, 0.6) is 0 Å². The Morgan fingerprint density at radius 1 is 0.771 bits per heavy atom. The number of benzene rings is 2. The first kappa shape index (κ1) is 33.8. The zero-order valence-electron chi connectivity index (χ0n) is 27.0. The standard InChI is InChI=1S/C38H39N5O5/c1-38(2,3)48-37(47)42-27-18-16-25(17-19-27)33-29(40)10-5-4-8-26-20-21-30(41-26)32(24-14-12-23(22-44)13-15-24)28(39)9-6-7-11-31-35(45)36(46)34(33)43-31/h4-21,35-36,44-46H,22,39-40H2,1-3H3,(H,42,47). The summed E-state index contributed by atoms with van der Waals surface area (Å²) in [6.45, 7) is 5.27. The van der Waals surface area contributed by atoms with Crippen LogP contribution in [0.3, 0.4) is 0 Å². The van der Waals surface area contributed by atoms with E-state index in [0.29, 0.717) is 45.1 Å². The van der Waals surface area contributed by atoms with Gasteiger partial charge in [-0.25, -0.2) is 9.78 Å². The molecule has 0 spiro atoms. The van der Waals surface area contributed by atoms with E-state index in [4.69, 9.17) is 21.2 Å². The number of nitrogens with one attached hydrogen (secondary N) is 1. The van der Waals surface area contributed by atoms with Gasteiger partial charge in [-0.1, -0.05) is 60.7 Å². The van der Waals surface area contributed by atoms with Crippen LogP contribution in [0.1, 0.15) is 61.3 Å². The molecule has 10 heteroatoms. The molecule has 5 rings (SSSR count). The molecule has 2 aliphatic rings. The summed E-state index contributed by atoms with van der Waals surface area (Å²) in [6.07, 6.45) is 0.533. The minimum absolute atomic E-state index is 0.0685. The number of nitrogens with zero attached hydrogens (tertiary/aromatic N) is 2. The van der Waals surface area contributed by atoms with Crippen LogP contribution >= 0.6 is 0 Å². The number of hydrogen-bond acceptors (Lipinski definition) is 9. The molecule has 1 amide bonds. The second kappa shape index (κ2) is 14.5. The molecule has 0 aliphatic carbocycles. The molecule has 1 aromatic heterocycles. The van der Waals surface area contributed by atoms with Gasteiger partial charge in [-0.2, -0.15) is 0 Å². The van der Waals surface area contributed by atoms with Crippen LogP contribution in [0.25, 0.3) is 34.4 Å². The first-order valence-corrected chi connectivity index (χ1v) is 15.4. The van der Waals surface area contributed by atoms with Crippen molar-refractivity contribution in [2.75, 3.05) is 16.8 Å². The number of ether oxygens (including phenoxy) is 1. The average Bonchev–Trinajstić information content (AvgIpc) is 3.61. The minimum Gasteiger partial charge on any atom is -0.444 e. The average molecular weight is 646 g/mol. The van der Waals surface area contributed by atoms with Crippen molar-refractivity contribution >= 4 is 35.3 Å². The molecule has 0 radical (unpaired) electrons. The Morgan fingerprint density at radius 3 is 2.00 bits per heavy atom. The number of carbonyl (C=O) groups is 1. The van der Waals surface area contributed by atoms with Gasteiger partial charge in [-0.3, -0.25) is 10.3 Å². The highest BCUT2D eigenvalue weighted by Gasteiger charge is 2.31. The normalized spacial score (nSPS) is 15.1. The van der Waals surface area contributed by atoms with Crippen LogP contribution in [0.15, 0.2) is 97.1 Å². The number of nitrogen functional groups attached to an aromatic ring is 2. The van der Waals surface area contributed by atoms with Crippen LogP contribution in [-0.4, -0.2) is 37.0 Å². The number of carbonyl (C=O) groups excluding carboxylic acids is 1. The van der Waals surface area contributed by atoms with Gasteiger partial charge in [0.2, 0.25) is 0 Å². The Balaban J connectivity index is 1.64. The fourth-order valence-electron chi connectivity index (χ4n) is 5.17. The molecule has 2 unspecified atom stereocenters. The second-order valence-corrected chi connectivity index (χ2v) is 12.2. The Labute approximate surface area is 279 Å². The topological polar surface area (TPSA) is 177 Å². The maximum atomic E-state index is 12.3. The SMILES string of the molecule is CC(C)(C)OC(=O)Nc1ccc(-c2c(N)ccccc3nc(c(-c4ccc(CO)cc4)c(N)ccccc4nc2C(O)C4O)C=C3)cc1. The quantitative estimate of drug-likeness (QED) is 0.140. The molecule has 4 bridgehead atoms. The first-order chi connectivity index (χ1) is 22.9. The number of rotatable bonds is 4. The number of fused-ring (bicyclic) bond motifs is 4. The lowest BCUT2D eigenvalue weighted by molar-refractivity contribution is 0.0256. The molecule has 2 aromatic carbocycles. The Kier molecular flexibility index (Phi) is 10.2. The maximum absolute atomic E-state index is 12.3. The first-order valence-electron chi connectivity index (χ1n) is 15.4. The Hall–Kier alpha value is -5.55. The summed E-state index contributed by atoms with van der Waals surface area (Å²) in [4.78, 5) is 21.6. The monoisotopic (exact) mass is 645 g/mol. The van der Waals surface area contributed by atoms with Crippen molar-refractivity contribution in [3.63, 3.8) is 0 Å². The lowest BCUT2D eigenvalue weighted by Gasteiger charge is -2.19. The van der Waals surface area contributed by atoms with Crippen molar-refractivity contribution in [2.24, 2.45) is 0 Å². The highest BCUT2D eigenvalue weighted by atomic mass is 16.6. The number of hydrogen-bond donors (Lipinski definition) is 6. The lowest BCUT2D eigenvalue weighted by atomic mass is 9.99. The van der Waals surface area contributed by atoms with Crippen molar-refractivity contribution in [3.05, 3.63) is 125 Å². The highest BCUT2D eigenvalue weighted by Crippen LogP contribution is 2.40. The third kappa shape index (κ3) is 8.05. The molecule has 10 nitrogen and oxygen atoms in total. The third-order valence-electron chi connectivity index (χ3n) is 7.43. The van der Waals surface area contributed by atoms with Crippen LogP contribution in [0.2, 0.25) is 0 Å². The van der Waals surface area contributed by atoms with E-state index in [1.54, 1.807) is 87.5 Å². The summed E-state index contributed by atoms with van der Waals surface area (Å²) in [7, 11) is 0. The summed E-state index contributed by atoms with van der Waals surface area (Å²) in [5, 5.41) is 34.3. The number of amides is 1. The number of nitrogens with two attached hydrogens (primary N) is 2. The van der Waals surface area contributed by atoms with Gasteiger partial charge >= 0.3 is 6.09 Å². The fraction of sp³-hybridized carbons (Fsp3) is 0.184. The van der Waals surface area contributed by atoms with Crippen molar-refractivity contribution in [2.45, 2.75) is 45.2 Å².